The average molecular weight is 353 g/mol. The molecule has 1 amide bonds. The molecule has 1 aliphatic heterocycles. The van der Waals surface area contributed by atoms with E-state index in [1.54, 1.807) is 7.11 Å². The van der Waals surface area contributed by atoms with Gasteiger partial charge < -0.3 is 15.4 Å². The van der Waals surface area contributed by atoms with Crippen LogP contribution in [0.25, 0.3) is 0 Å². The van der Waals surface area contributed by atoms with E-state index in [4.69, 9.17) is 10.5 Å². The second-order valence-electron chi connectivity index (χ2n) is 7.12. The summed E-state index contributed by atoms with van der Waals surface area (Å²) in [6.45, 7) is 2.08. The van der Waals surface area contributed by atoms with Crippen molar-refractivity contribution in [2.75, 3.05) is 26.8 Å². The Morgan fingerprint density at radius 2 is 1.92 bits per heavy atom. The molecular formula is C19H29ClN2O2. The zero-order valence-corrected chi connectivity index (χ0v) is 15.3. The van der Waals surface area contributed by atoms with Gasteiger partial charge in [-0.2, -0.15) is 0 Å². The molecule has 5 heteroatoms. The summed E-state index contributed by atoms with van der Waals surface area (Å²) in [4.78, 5) is 15.2. The summed E-state index contributed by atoms with van der Waals surface area (Å²) in [6, 6.07) is 10.4. The molecule has 0 radical (unpaired) electrons. The molecule has 0 aromatic heterocycles. The maximum Gasteiger partial charge on any atom is 0.228 e. The number of nitrogens with two attached hydrogens (primary N) is 1. The maximum atomic E-state index is 13.2. The van der Waals surface area contributed by atoms with E-state index in [9.17, 15) is 4.79 Å². The predicted octanol–water partition coefficient (Wildman–Crippen LogP) is 2.96. The lowest BCUT2D eigenvalue weighted by molar-refractivity contribution is -0.142. The van der Waals surface area contributed by atoms with Crippen LogP contribution in [0.1, 0.15) is 43.6 Å². The molecule has 0 unspecified atom stereocenters. The molecule has 24 heavy (non-hydrogen) atoms. The second kappa shape index (κ2) is 8.32. The predicted molar refractivity (Wildman–Crippen MR) is 98.4 cm³/mol. The van der Waals surface area contributed by atoms with Crippen LogP contribution >= 0.6 is 12.4 Å². The first-order chi connectivity index (χ1) is 11.2. The topological polar surface area (TPSA) is 55.6 Å². The van der Waals surface area contributed by atoms with Crippen molar-refractivity contribution in [2.45, 2.75) is 44.1 Å². The van der Waals surface area contributed by atoms with Gasteiger partial charge in [-0.15, -0.1) is 12.4 Å². The number of amides is 1. The number of carbonyl (C=O) groups is 1. The van der Waals surface area contributed by atoms with Crippen molar-refractivity contribution in [2.24, 2.45) is 11.1 Å². The number of hydrogen-bond donors (Lipinski definition) is 1. The van der Waals surface area contributed by atoms with Crippen molar-refractivity contribution in [3.8, 4) is 0 Å². The van der Waals surface area contributed by atoms with Gasteiger partial charge in [0, 0.05) is 38.8 Å². The van der Waals surface area contributed by atoms with Crippen molar-refractivity contribution in [3.05, 3.63) is 35.9 Å². The Kier molecular flexibility index (Phi) is 6.67. The molecule has 4 nitrogen and oxygen atoms in total. The number of hydrogen-bond acceptors (Lipinski definition) is 3. The van der Waals surface area contributed by atoms with Crippen LogP contribution < -0.4 is 5.73 Å². The summed E-state index contributed by atoms with van der Waals surface area (Å²) in [6.07, 6.45) is 5.13. The van der Waals surface area contributed by atoms with Gasteiger partial charge in [0.25, 0.3) is 0 Å². The third-order valence-corrected chi connectivity index (χ3v) is 5.68. The first-order valence-corrected chi connectivity index (χ1v) is 8.75. The van der Waals surface area contributed by atoms with Crippen molar-refractivity contribution in [1.29, 1.82) is 0 Å². The van der Waals surface area contributed by atoms with E-state index in [0.29, 0.717) is 19.1 Å². The summed E-state index contributed by atoms with van der Waals surface area (Å²) >= 11 is 0. The zero-order chi connectivity index (χ0) is 16.3. The van der Waals surface area contributed by atoms with Crippen molar-refractivity contribution in [1.82, 2.24) is 4.90 Å². The highest BCUT2D eigenvalue weighted by atomic mass is 35.5. The summed E-state index contributed by atoms with van der Waals surface area (Å²) in [7, 11) is 1.71. The quantitative estimate of drug-likeness (QED) is 0.886. The molecule has 1 aromatic rings. The number of nitrogens with zero attached hydrogens (tertiary/aromatic N) is 1. The van der Waals surface area contributed by atoms with Crippen LogP contribution in [0, 0.1) is 5.41 Å². The van der Waals surface area contributed by atoms with Gasteiger partial charge in [-0.05, 0) is 24.8 Å². The molecule has 1 saturated carbocycles. The van der Waals surface area contributed by atoms with Crippen molar-refractivity contribution >= 4 is 18.3 Å². The Morgan fingerprint density at radius 3 is 2.54 bits per heavy atom. The molecule has 2 atom stereocenters. The van der Waals surface area contributed by atoms with E-state index >= 15 is 0 Å². The molecule has 2 aliphatic rings. The number of halogens is 1. The van der Waals surface area contributed by atoms with Crippen LogP contribution in [0.2, 0.25) is 0 Å². The van der Waals surface area contributed by atoms with Crippen molar-refractivity contribution < 1.29 is 9.53 Å². The van der Waals surface area contributed by atoms with Crippen molar-refractivity contribution in [3.63, 3.8) is 0 Å². The minimum absolute atomic E-state index is 0. The molecule has 134 valence electrons. The van der Waals surface area contributed by atoms with E-state index in [-0.39, 0.29) is 29.8 Å². The van der Waals surface area contributed by atoms with Crippen LogP contribution in [-0.4, -0.2) is 43.7 Å². The fourth-order valence-electron chi connectivity index (χ4n) is 4.30. The van der Waals surface area contributed by atoms with E-state index in [2.05, 4.69) is 12.1 Å². The maximum absolute atomic E-state index is 13.2. The first-order valence-electron chi connectivity index (χ1n) is 8.75. The minimum atomic E-state index is -0.207. The average Bonchev–Trinajstić information content (AvgIpc) is 3.21. The molecule has 1 aromatic carbocycles. The van der Waals surface area contributed by atoms with Gasteiger partial charge in [-0.1, -0.05) is 43.2 Å². The highest BCUT2D eigenvalue weighted by Crippen LogP contribution is 2.44. The molecule has 3 rings (SSSR count). The molecule has 2 N–H and O–H groups in total. The fourth-order valence-corrected chi connectivity index (χ4v) is 4.30. The van der Waals surface area contributed by atoms with E-state index in [1.165, 1.54) is 5.56 Å². The number of rotatable bonds is 5. The van der Waals surface area contributed by atoms with E-state index in [1.807, 2.05) is 23.1 Å². The lowest BCUT2D eigenvalue weighted by atomic mass is 9.81. The second-order valence-corrected chi connectivity index (χ2v) is 7.12. The summed E-state index contributed by atoms with van der Waals surface area (Å²) in [5, 5.41) is 0. The lowest BCUT2D eigenvalue weighted by Crippen LogP contribution is -2.43. The lowest BCUT2D eigenvalue weighted by Gasteiger charge is -2.32. The summed E-state index contributed by atoms with van der Waals surface area (Å²) in [5.41, 5.74) is 7.40. The molecular weight excluding hydrogens is 324 g/mol. The Morgan fingerprint density at radius 1 is 1.25 bits per heavy atom. The summed E-state index contributed by atoms with van der Waals surface area (Å²) < 4.78 is 5.26. The van der Waals surface area contributed by atoms with Gasteiger partial charge in [0.2, 0.25) is 5.91 Å². The number of benzene rings is 1. The normalized spacial score (nSPS) is 25.5. The number of methoxy groups -OCH3 is 1. The highest BCUT2D eigenvalue weighted by molar-refractivity contribution is 5.85. The third-order valence-electron chi connectivity index (χ3n) is 5.68. The first kappa shape index (κ1) is 19.2. The highest BCUT2D eigenvalue weighted by Gasteiger charge is 2.46. The number of ether oxygens (including phenoxy) is 1. The molecule has 0 bridgehead atoms. The number of carbonyl (C=O) groups excluding carboxylic acids is 1. The molecule has 1 aliphatic carbocycles. The van der Waals surface area contributed by atoms with E-state index < -0.39 is 0 Å². The molecule has 2 fully saturated rings. The zero-order valence-electron chi connectivity index (χ0n) is 14.4. The monoisotopic (exact) mass is 352 g/mol. The van der Waals surface area contributed by atoms with Gasteiger partial charge in [0.1, 0.15) is 0 Å². The molecule has 0 spiro atoms. The van der Waals surface area contributed by atoms with Crippen LogP contribution in [0.4, 0.5) is 0 Å². The van der Waals surface area contributed by atoms with Crippen LogP contribution in [-0.2, 0) is 9.53 Å². The fraction of sp³-hybridized carbons (Fsp3) is 0.632. The minimum Gasteiger partial charge on any atom is -0.385 e. The van der Waals surface area contributed by atoms with Crippen LogP contribution in [0.15, 0.2) is 30.3 Å². The standard InChI is InChI=1S/C19H28N2O2.ClH/c1-23-12-11-19(9-5-6-10-19)18(22)21-13-16(17(20)14-21)15-7-3-2-4-8-15;/h2-4,7-8,16-17H,5-6,9-14,20H2,1H3;1H/t16-,17+;/m0./s1. The Labute approximate surface area is 151 Å². The Bertz CT molecular complexity index is 531. The number of likely N-dealkylation sites (tertiary alicyclic amines) is 1. The van der Waals surface area contributed by atoms with Gasteiger partial charge in [0.15, 0.2) is 0 Å². The SMILES string of the molecule is COCCC1(C(=O)N2C[C@@H](N)[C@H](c3ccccc3)C2)CCCC1.Cl. The van der Waals surface area contributed by atoms with Crippen LogP contribution in [0.5, 0.6) is 0 Å². The van der Waals surface area contributed by atoms with Crippen LogP contribution in [0.3, 0.4) is 0 Å². The smallest absolute Gasteiger partial charge is 0.228 e. The Balaban J connectivity index is 0.00000208. The Hall–Kier alpha value is -1.10. The largest absolute Gasteiger partial charge is 0.385 e. The molecule has 1 heterocycles. The van der Waals surface area contributed by atoms with Gasteiger partial charge in [-0.3, -0.25) is 4.79 Å². The molecule has 1 saturated heterocycles. The summed E-state index contributed by atoms with van der Waals surface area (Å²) in [5.74, 6) is 0.557. The van der Waals surface area contributed by atoms with Gasteiger partial charge in [0.05, 0.1) is 5.41 Å². The van der Waals surface area contributed by atoms with Gasteiger partial charge >= 0.3 is 0 Å². The third kappa shape index (κ3) is 3.76. The van der Waals surface area contributed by atoms with E-state index in [0.717, 1.165) is 38.6 Å². The van der Waals surface area contributed by atoms with Gasteiger partial charge in [-0.25, -0.2) is 0 Å².